The van der Waals surface area contributed by atoms with Crippen molar-refractivity contribution >= 4 is 11.8 Å². The van der Waals surface area contributed by atoms with E-state index in [0.717, 1.165) is 22.9 Å². The molecule has 3 nitrogen and oxygen atoms in total. The smallest absolute Gasteiger partial charge is 0.132 e. The van der Waals surface area contributed by atoms with Crippen LogP contribution in [0.1, 0.15) is 12.8 Å². The number of rotatable bonds is 5. The number of benzene rings is 1. The molecule has 0 radical (unpaired) electrons. The molecule has 1 aliphatic carbocycles. The fourth-order valence-corrected chi connectivity index (χ4v) is 2.87. The van der Waals surface area contributed by atoms with Gasteiger partial charge in [0.25, 0.3) is 0 Å². The minimum Gasteiger partial charge on any atom is -0.497 e. The molecule has 2 rings (SSSR count). The summed E-state index contributed by atoms with van der Waals surface area (Å²) in [4.78, 5) is 1.12. The van der Waals surface area contributed by atoms with Crippen LogP contribution in [0.4, 0.5) is 0 Å². The summed E-state index contributed by atoms with van der Waals surface area (Å²) >= 11 is 1.81. The lowest BCUT2D eigenvalue weighted by Gasteiger charge is -2.15. The van der Waals surface area contributed by atoms with Crippen LogP contribution < -0.4 is 15.2 Å². The Labute approximate surface area is 100 Å². The van der Waals surface area contributed by atoms with E-state index in [4.69, 9.17) is 15.2 Å². The zero-order valence-corrected chi connectivity index (χ0v) is 10.5. The Morgan fingerprint density at radius 1 is 1.31 bits per heavy atom. The normalized spacial score (nSPS) is 16.9. The van der Waals surface area contributed by atoms with Crippen molar-refractivity contribution in [3.05, 3.63) is 18.2 Å². The molecule has 0 aliphatic heterocycles. The zero-order chi connectivity index (χ0) is 11.6. The summed E-state index contributed by atoms with van der Waals surface area (Å²) in [5.41, 5.74) is 5.79. The van der Waals surface area contributed by atoms with Crippen LogP contribution in [0.15, 0.2) is 23.1 Å². The fourth-order valence-electron chi connectivity index (χ4n) is 1.58. The van der Waals surface area contributed by atoms with Crippen molar-refractivity contribution in [3.8, 4) is 11.5 Å². The van der Waals surface area contributed by atoms with Crippen molar-refractivity contribution in [3.63, 3.8) is 0 Å². The van der Waals surface area contributed by atoms with Gasteiger partial charge in [0.2, 0.25) is 0 Å². The quantitative estimate of drug-likeness (QED) is 0.856. The maximum absolute atomic E-state index is 5.79. The minimum absolute atomic E-state index is 0.236. The SMILES string of the molecule is COc1ccc(OC)c(SC2(CN)CC2)c1. The van der Waals surface area contributed by atoms with Gasteiger partial charge < -0.3 is 15.2 Å². The van der Waals surface area contributed by atoms with E-state index in [9.17, 15) is 0 Å². The van der Waals surface area contributed by atoms with Crippen LogP contribution in [0.5, 0.6) is 11.5 Å². The van der Waals surface area contributed by atoms with E-state index in [1.54, 1.807) is 14.2 Å². The van der Waals surface area contributed by atoms with Crippen LogP contribution >= 0.6 is 11.8 Å². The van der Waals surface area contributed by atoms with Gasteiger partial charge in [-0.3, -0.25) is 0 Å². The summed E-state index contributed by atoms with van der Waals surface area (Å²) in [5.74, 6) is 1.75. The molecular weight excluding hydrogens is 222 g/mol. The van der Waals surface area contributed by atoms with Gasteiger partial charge in [0, 0.05) is 11.3 Å². The summed E-state index contributed by atoms with van der Waals surface area (Å²) < 4.78 is 10.8. The van der Waals surface area contributed by atoms with E-state index in [1.807, 2.05) is 30.0 Å². The molecule has 1 fully saturated rings. The first kappa shape index (κ1) is 11.6. The molecule has 0 unspecified atom stereocenters. The number of methoxy groups -OCH3 is 2. The summed E-state index contributed by atoms with van der Waals surface area (Å²) in [5, 5.41) is 0. The molecule has 1 aliphatic rings. The zero-order valence-electron chi connectivity index (χ0n) is 9.66. The third-order valence-electron chi connectivity index (χ3n) is 2.88. The van der Waals surface area contributed by atoms with Crippen LogP contribution in [0.25, 0.3) is 0 Å². The van der Waals surface area contributed by atoms with Crippen LogP contribution in [-0.2, 0) is 0 Å². The van der Waals surface area contributed by atoms with Gasteiger partial charge in [-0.25, -0.2) is 0 Å². The van der Waals surface area contributed by atoms with Gasteiger partial charge in [-0.2, -0.15) is 0 Å². The molecule has 0 heterocycles. The molecule has 16 heavy (non-hydrogen) atoms. The highest BCUT2D eigenvalue weighted by Gasteiger charge is 2.42. The Hall–Kier alpha value is -0.870. The Balaban J connectivity index is 2.23. The first-order chi connectivity index (χ1) is 7.73. The Bertz CT molecular complexity index is 377. The van der Waals surface area contributed by atoms with Crippen molar-refractivity contribution in [2.75, 3.05) is 20.8 Å². The van der Waals surface area contributed by atoms with Gasteiger partial charge in [0.05, 0.1) is 19.1 Å². The number of hydrogen-bond acceptors (Lipinski definition) is 4. The van der Waals surface area contributed by atoms with Crippen molar-refractivity contribution in [1.82, 2.24) is 0 Å². The maximum atomic E-state index is 5.79. The molecule has 2 N–H and O–H groups in total. The molecule has 1 aromatic rings. The monoisotopic (exact) mass is 239 g/mol. The van der Waals surface area contributed by atoms with E-state index in [2.05, 4.69) is 0 Å². The molecule has 88 valence electrons. The highest BCUT2D eigenvalue weighted by molar-refractivity contribution is 8.01. The summed E-state index contributed by atoms with van der Waals surface area (Å²) in [6.45, 7) is 0.720. The Kier molecular flexibility index (Phi) is 3.30. The highest BCUT2D eigenvalue weighted by atomic mass is 32.2. The molecule has 0 bridgehead atoms. The third-order valence-corrected chi connectivity index (χ3v) is 4.42. The molecular formula is C12H17NO2S. The minimum atomic E-state index is 0.236. The predicted octanol–water partition coefficient (Wildman–Crippen LogP) is 2.29. The largest absolute Gasteiger partial charge is 0.497 e. The number of thioether (sulfide) groups is 1. The fraction of sp³-hybridized carbons (Fsp3) is 0.500. The van der Waals surface area contributed by atoms with Gasteiger partial charge in [0.15, 0.2) is 0 Å². The molecule has 0 aromatic heterocycles. The molecule has 1 aromatic carbocycles. The lowest BCUT2D eigenvalue weighted by Crippen LogP contribution is -2.17. The second-order valence-electron chi connectivity index (χ2n) is 4.01. The van der Waals surface area contributed by atoms with Gasteiger partial charge in [0.1, 0.15) is 11.5 Å². The van der Waals surface area contributed by atoms with Crippen LogP contribution in [0, 0.1) is 0 Å². The Morgan fingerprint density at radius 2 is 2.06 bits per heavy atom. The van der Waals surface area contributed by atoms with E-state index in [1.165, 1.54) is 12.8 Å². The molecule has 1 saturated carbocycles. The predicted molar refractivity (Wildman–Crippen MR) is 66.4 cm³/mol. The molecule has 0 spiro atoms. The maximum Gasteiger partial charge on any atom is 0.132 e. The lowest BCUT2D eigenvalue weighted by molar-refractivity contribution is 0.394. The molecule has 4 heteroatoms. The van der Waals surface area contributed by atoms with Crippen molar-refractivity contribution in [1.29, 1.82) is 0 Å². The molecule has 0 atom stereocenters. The highest BCUT2D eigenvalue weighted by Crippen LogP contribution is 2.53. The standard InChI is InChI=1S/C12H17NO2S/c1-14-9-3-4-10(15-2)11(7-9)16-12(8-13)5-6-12/h3-4,7H,5-6,8,13H2,1-2H3. The average Bonchev–Trinajstić information content (AvgIpc) is 3.09. The number of hydrogen-bond donors (Lipinski definition) is 1. The second-order valence-corrected chi connectivity index (χ2v) is 5.52. The van der Waals surface area contributed by atoms with Gasteiger partial charge in [-0.1, -0.05) is 0 Å². The number of ether oxygens (including phenoxy) is 2. The summed E-state index contributed by atoms with van der Waals surface area (Å²) in [7, 11) is 3.36. The van der Waals surface area contributed by atoms with Crippen molar-refractivity contribution in [2.45, 2.75) is 22.5 Å². The van der Waals surface area contributed by atoms with Gasteiger partial charge in [-0.15, -0.1) is 11.8 Å². The molecule has 0 saturated heterocycles. The lowest BCUT2D eigenvalue weighted by atomic mass is 10.3. The van der Waals surface area contributed by atoms with Gasteiger partial charge >= 0.3 is 0 Å². The topological polar surface area (TPSA) is 44.5 Å². The first-order valence-corrected chi connectivity index (χ1v) is 6.16. The first-order valence-electron chi connectivity index (χ1n) is 5.34. The Morgan fingerprint density at radius 3 is 2.56 bits per heavy atom. The van der Waals surface area contributed by atoms with Crippen molar-refractivity contribution in [2.24, 2.45) is 5.73 Å². The summed E-state index contributed by atoms with van der Waals surface area (Å²) in [6, 6.07) is 5.86. The summed E-state index contributed by atoms with van der Waals surface area (Å²) in [6.07, 6.45) is 2.38. The molecule has 0 amide bonds. The number of nitrogens with two attached hydrogens (primary N) is 1. The van der Waals surface area contributed by atoms with Crippen LogP contribution in [-0.4, -0.2) is 25.5 Å². The van der Waals surface area contributed by atoms with E-state index >= 15 is 0 Å². The van der Waals surface area contributed by atoms with Crippen molar-refractivity contribution < 1.29 is 9.47 Å². The van der Waals surface area contributed by atoms with E-state index in [-0.39, 0.29) is 4.75 Å². The van der Waals surface area contributed by atoms with E-state index in [0.29, 0.717) is 0 Å². The van der Waals surface area contributed by atoms with Crippen LogP contribution in [0.2, 0.25) is 0 Å². The average molecular weight is 239 g/mol. The van der Waals surface area contributed by atoms with Crippen LogP contribution in [0.3, 0.4) is 0 Å². The van der Waals surface area contributed by atoms with Gasteiger partial charge in [-0.05, 0) is 31.0 Å². The van der Waals surface area contributed by atoms with E-state index < -0.39 is 0 Å². The second kappa shape index (κ2) is 4.55. The third kappa shape index (κ3) is 2.28.